The van der Waals surface area contributed by atoms with Gasteiger partial charge in [-0.2, -0.15) is 8.42 Å². The summed E-state index contributed by atoms with van der Waals surface area (Å²) in [6.07, 6.45) is 0. The average molecular weight is 441 g/mol. The standard InChI is InChI=1S/C24H28N2O4S/c1-4-31(28,29)30-21-14-12-19(13-15-21)17-26(16-18(2)3)24(27)25-23-11-7-9-20-8-5-6-10-22(20)23/h5-15,18H,4,16-17H2,1-3H3,(H,25,27). The lowest BCUT2D eigenvalue weighted by molar-refractivity contribution is 0.201. The van der Waals surface area contributed by atoms with Gasteiger partial charge in [-0.1, -0.05) is 62.4 Å². The van der Waals surface area contributed by atoms with Crippen LogP contribution in [0.1, 0.15) is 26.3 Å². The highest BCUT2D eigenvalue weighted by molar-refractivity contribution is 7.87. The number of anilines is 1. The number of fused-ring (bicyclic) bond motifs is 1. The molecule has 0 aliphatic rings. The van der Waals surface area contributed by atoms with Gasteiger partial charge in [0.1, 0.15) is 5.75 Å². The fraction of sp³-hybridized carbons (Fsp3) is 0.292. The Morgan fingerprint density at radius 3 is 2.35 bits per heavy atom. The van der Waals surface area contributed by atoms with Gasteiger partial charge < -0.3 is 14.4 Å². The molecule has 3 aromatic rings. The highest BCUT2D eigenvalue weighted by atomic mass is 32.2. The van der Waals surface area contributed by atoms with Gasteiger partial charge in [-0.25, -0.2) is 4.79 Å². The number of amides is 2. The van der Waals surface area contributed by atoms with E-state index >= 15 is 0 Å². The predicted molar refractivity (Wildman–Crippen MR) is 125 cm³/mol. The van der Waals surface area contributed by atoms with Crippen molar-refractivity contribution in [3.05, 3.63) is 72.3 Å². The molecular weight excluding hydrogens is 412 g/mol. The molecule has 0 atom stereocenters. The van der Waals surface area contributed by atoms with Crippen molar-refractivity contribution in [1.29, 1.82) is 0 Å². The summed E-state index contributed by atoms with van der Waals surface area (Å²) < 4.78 is 28.3. The summed E-state index contributed by atoms with van der Waals surface area (Å²) in [6.45, 7) is 6.63. The Bertz CT molecular complexity index is 1140. The van der Waals surface area contributed by atoms with Crippen LogP contribution in [0.25, 0.3) is 10.8 Å². The van der Waals surface area contributed by atoms with Gasteiger partial charge in [0.05, 0.1) is 11.4 Å². The summed E-state index contributed by atoms with van der Waals surface area (Å²) in [5.74, 6) is 0.461. The van der Waals surface area contributed by atoms with Crippen LogP contribution in [0.15, 0.2) is 66.7 Å². The van der Waals surface area contributed by atoms with Crippen molar-refractivity contribution in [1.82, 2.24) is 4.90 Å². The molecule has 0 spiro atoms. The second kappa shape index (κ2) is 9.83. The molecule has 0 saturated heterocycles. The highest BCUT2D eigenvalue weighted by Crippen LogP contribution is 2.24. The fourth-order valence-electron chi connectivity index (χ4n) is 3.27. The number of carbonyl (C=O) groups is 1. The Balaban J connectivity index is 1.76. The van der Waals surface area contributed by atoms with E-state index in [9.17, 15) is 13.2 Å². The number of benzene rings is 3. The van der Waals surface area contributed by atoms with Crippen molar-refractivity contribution >= 4 is 32.6 Å². The second-order valence-electron chi connectivity index (χ2n) is 7.80. The summed E-state index contributed by atoms with van der Waals surface area (Å²) in [4.78, 5) is 14.9. The largest absolute Gasteiger partial charge is 0.382 e. The van der Waals surface area contributed by atoms with Gasteiger partial charge in [0.15, 0.2) is 0 Å². The summed E-state index contributed by atoms with van der Waals surface area (Å²) in [5, 5.41) is 5.09. The van der Waals surface area contributed by atoms with Crippen molar-refractivity contribution in [3.63, 3.8) is 0 Å². The van der Waals surface area contributed by atoms with Crippen LogP contribution in [-0.4, -0.2) is 31.6 Å². The molecule has 0 fully saturated rings. The van der Waals surface area contributed by atoms with Gasteiger partial charge in [0.25, 0.3) is 0 Å². The number of rotatable bonds is 8. The van der Waals surface area contributed by atoms with Gasteiger partial charge in [-0.05, 0) is 42.0 Å². The third-order valence-electron chi connectivity index (χ3n) is 4.78. The quantitative estimate of drug-likeness (QED) is 0.485. The van der Waals surface area contributed by atoms with Gasteiger partial charge >= 0.3 is 16.1 Å². The number of nitrogens with zero attached hydrogens (tertiary/aromatic N) is 1. The first-order valence-electron chi connectivity index (χ1n) is 10.3. The first-order valence-corrected chi connectivity index (χ1v) is 11.9. The third kappa shape index (κ3) is 6.21. The van der Waals surface area contributed by atoms with E-state index in [0.717, 1.165) is 22.0 Å². The van der Waals surface area contributed by atoms with Crippen molar-refractivity contribution < 1.29 is 17.4 Å². The predicted octanol–water partition coefficient (Wildman–Crippen LogP) is 5.26. The molecule has 1 N–H and O–H groups in total. The Hall–Kier alpha value is -3.06. The Morgan fingerprint density at radius 1 is 1.00 bits per heavy atom. The first-order chi connectivity index (χ1) is 14.8. The lowest BCUT2D eigenvalue weighted by atomic mass is 10.1. The normalized spacial score (nSPS) is 11.5. The number of urea groups is 1. The molecule has 164 valence electrons. The molecule has 0 bridgehead atoms. The Labute approximate surface area is 184 Å². The van der Waals surface area contributed by atoms with Gasteiger partial charge in [-0.3, -0.25) is 0 Å². The second-order valence-corrected chi connectivity index (χ2v) is 9.66. The zero-order valence-electron chi connectivity index (χ0n) is 18.0. The topological polar surface area (TPSA) is 75.7 Å². The minimum absolute atomic E-state index is 0.0920. The van der Waals surface area contributed by atoms with Crippen LogP contribution in [0.2, 0.25) is 0 Å². The molecule has 0 radical (unpaired) electrons. The molecule has 0 aliphatic heterocycles. The summed E-state index contributed by atoms with van der Waals surface area (Å²) >= 11 is 0. The molecular formula is C24H28N2O4S. The molecule has 0 aromatic heterocycles. The van der Waals surface area contributed by atoms with Crippen LogP contribution in [-0.2, 0) is 16.7 Å². The fourth-order valence-corrected chi connectivity index (χ4v) is 3.79. The van der Waals surface area contributed by atoms with Crippen molar-refractivity contribution in [2.45, 2.75) is 27.3 Å². The number of hydrogen-bond acceptors (Lipinski definition) is 4. The minimum Gasteiger partial charge on any atom is -0.382 e. The maximum atomic E-state index is 13.1. The molecule has 3 aromatic carbocycles. The molecule has 7 heteroatoms. The van der Waals surface area contributed by atoms with Crippen molar-refractivity contribution in [2.24, 2.45) is 5.92 Å². The lowest BCUT2D eigenvalue weighted by Crippen LogP contribution is -2.37. The summed E-state index contributed by atoms with van der Waals surface area (Å²) in [5.41, 5.74) is 1.65. The van der Waals surface area contributed by atoms with Gasteiger partial charge in [0.2, 0.25) is 0 Å². The van der Waals surface area contributed by atoms with E-state index in [1.54, 1.807) is 29.2 Å². The Kier molecular flexibility index (Phi) is 7.17. The lowest BCUT2D eigenvalue weighted by Gasteiger charge is -2.25. The number of carbonyl (C=O) groups excluding carboxylic acids is 1. The molecule has 0 unspecified atom stereocenters. The van der Waals surface area contributed by atoms with Crippen LogP contribution in [0.3, 0.4) is 0 Å². The van der Waals surface area contributed by atoms with Crippen molar-refractivity contribution in [3.8, 4) is 5.75 Å². The highest BCUT2D eigenvalue weighted by Gasteiger charge is 2.17. The molecule has 0 saturated carbocycles. The van der Waals surface area contributed by atoms with E-state index in [1.165, 1.54) is 6.92 Å². The molecule has 0 heterocycles. The average Bonchev–Trinajstić information content (AvgIpc) is 2.74. The first kappa shape index (κ1) is 22.6. The maximum Gasteiger partial charge on any atom is 0.322 e. The summed E-state index contributed by atoms with van der Waals surface area (Å²) in [7, 11) is -3.56. The number of hydrogen-bond donors (Lipinski definition) is 1. The van der Waals surface area contributed by atoms with Gasteiger partial charge in [0, 0.05) is 18.5 Å². The maximum absolute atomic E-state index is 13.1. The SMILES string of the molecule is CCS(=O)(=O)Oc1ccc(CN(CC(C)C)C(=O)Nc2cccc3ccccc23)cc1. The molecule has 2 amide bonds. The van der Waals surface area contributed by atoms with Crippen molar-refractivity contribution in [2.75, 3.05) is 17.6 Å². The van der Waals surface area contributed by atoms with E-state index < -0.39 is 10.1 Å². The van der Waals surface area contributed by atoms with Gasteiger partial charge in [-0.15, -0.1) is 0 Å². The molecule has 31 heavy (non-hydrogen) atoms. The van der Waals surface area contributed by atoms with E-state index in [4.69, 9.17) is 4.18 Å². The van der Waals surface area contributed by atoms with Crippen LogP contribution in [0.4, 0.5) is 10.5 Å². The zero-order chi connectivity index (χ0) is 22.4. The van der Waals surface area contributed by atoms with E-state index in [-0.39, 0.29) is 23.5 Å². The van der Waals surface area contributed by atoms with Crippen LogP contribution in [0.5, 0.6) is 5.75 Å². The van der Waals surface area contributed by atoms with E-state index in [1.807, 2.05) is 42.5 Å². The monoisotopic (exact) mass is 440 g/mol. The molecule has 6 nitrogen and oxygen atoms in total. The zero-order valence-corrected chi connectivity index (χ0v) is 18.9. The molecule has 3 rings (SSSR count). The Morgan fingerprint density at radius 2 is 1.68 bits per heavy atom. The van der Waals surface area contributed by atoms with Crippen LogP contribution >= 0.6 is 0 Å². The molecule has 0 aliphatic carbocycles. The van der Waals surface area contributed by atoms with Crippen LogP contribution < -0.4 is 9.50 Å². The van der Waals surface area contributed by atoms with Crippen LogP contribution in [0, 0.1) is 5.92 Å². The number of nitrogens with one attached hydrogen (secondary N) is 1. The minimum atomic E-state index is -3.56. The smallest absolute Gasteiger partial charge is 0.322 e. The van der Waals surface area contributed by atoms with E-state index in [0.29, 0.717) is 13.1 Å². The van der Waals surface area contributed by atoms with E-state index in [2.05, 4.69) is 19.2 Å². The summed E-state index contributed by atoms with van der Waals surface area (Å²) in [6, 6.07) is 20.3. The third-order valence-corrected chi connectivity index (χ3v) is 5.93.